The van der Waals surface area contributed by atoms with Crippen LogP contribution in [0.4, 0.5) is 0 Å². The van der Waals surface area contributed by atoms with Crippen molar-refractivity contribution in [3.63, 3.8) is 0 Å². The van der Waals surface area contributed by atoms with Crippen LogP contribution in [0.2, 0.25) is 0 Å². The number of halogens is 7. The van der Waals surface area contributed by atoms with Crippen LogP contribution in [0.1, 0.15) is 1.43 Å². The van der Waals surface area contributed by atoms with Crippen LogP contribution in [0.5, 0.6) is 0 Å². The summed E-state index contributed by atoms with van der Waals surface area (Å²) < 4.78 is 7.40. The van der Waals surface area contributed by atoms with Gasteiger partial charge in [-0.1, -0.05) is 58.6 Å². The zero-order valence-corrected chi connectivity index (χ0v) is 19.9. The fourth-order valence-electron chi connectivity index (χ4n) is 3.08. The first kappa shape index (κ1) is 26.6. The van der Waals surface area contributed by atoms with E-state index in [2.05, 4.69) is 0 Å². The molecule has 3 aliphatic rings. The summed E-state index contributed by atoms with van der Waals surface area (Å²) in [6.07, 6.45) is 3.69. The van der Waals surface area contributed by atoms with Gasteiger partial charge in [0, 0.05) is 11.8 Å². The fourth-order valence-corrected chi connectivity index (χ4v) is 6.60. The second-order valence-corrected chi connectivity index (χ2v) is 9.83. The van der Waals surface area contributed by atoms with Crippen LogP contribution in [0.15, 0.2) is 22.2 Å². The van der Waals surface area contributed by atoms with Gasteiger partial charge < -0.3 is 21.6 Å². The molecule has 3 rings (SSSR count). The third-order valence-electron chi connectivity index (χ3n) is 3.90. The Morgan fingerprint density at radius 1 is 1.00 bits per heavy atom. The zero-order valence-electron chi connectivity index (χ0n) is 12.7. The van der Waals surface area contributed by atoms with Gasteiger partial charge in [0.2, 0.25) is 0 Å². The Kier molecular flexibility index (Phi) is 9.01. The van der Waals surface area contributed by atoms with Crippen molar-refractivity contribution in [3.8, 4) is 0 Å². The number of hydrogen-bond donors (Lipinski definition) is 3. The van der Waals surface area contributed by atoms with E-state index in [0.29, 0.717) is 0 Å². The molecule has 1 fully saturated rings. The predicted molar refractivity (Wildman–Crippen MR) is 95.1 cm³/mol. The van der Waals surface area contributed by atoms with Crippen molar-refractivity contribution in [2.75, 3.05) is 0 Å². The summed E-state index contributed by atoms with van der Waals surface area (Å²) in [6.45, 7) is 0. The molecule has 3 aliphatic carbocycles. The average Bonchev–Trinajstić information content (AvgIpc) is 2.82. The Labute approximate surface area is 196 Å². The molecule has 0 spiro atoms. The Balaban J connectivity index is 0. The van der Waals surface area contributed by atoms with Crippen molar-refractivity contribution in [2.45, 2.75) is 19.5 Å². The van der Waals surface area contributed by atoms with Crippen molar-refractivity contribution in [1.82, 2.24) is 0 Å². The number of allylic oxidation sites excluding steroid dienone is 4. The van der Waals surface area contributed by atoms with E-state index in [0.717, 1.165) is 0 Å². The van der Waals surface area contributed by atoms with Gasteiger partial charge in [0.25, 0.3) is 0 Å². The number of alkyl halides is 5. The van der Waals surface area contributed by atoms with E-state index >= 15 is 0 Å². The first-order valence-electron chi connectivity index (χ1n) is 5.63. The summed E-state index contributed by atoms with van der Waals surface area (Å²) >= 11 is 44.5. The number of phosphoric acid groups is 1. The summed E-state index contributed by atoms with van der Waals surface area (Å²) in [5.41, 5.74) is 0. The molecular weight excluding hydrogens is 502 g/mol. The van der Waals surface area contributed by atoms with E-state index in [1.165, 1.54) is 0 Å². The molecule has 0 aromatic rings. The molecule has 0 heterocycles. The summed E-state index contributed by atoms with van der Waals surface area (Å²) in [6, 6.07) is 0. The van der Waals surface area contributed by atoms with Gasteiger partial charge in [0.1, 0.15) is 9.75 Å². The third kappa shape index (κ3) is 3.60. The van der Waals surface area contributed by atoms with Gasteiger partial charge in [-0.05, 0) is 0 Å². The summed E-state index contributed by atoms with van der Waals surface area (Å²) in [4.78, 5) is 19.1. The minimum absolute atomic E-state index is 0. The Hall–Kier alpha value is 2.58. The second kappa shape index (κ2) is 8.14. The molecule has 24 heavy (non-hydrogen) atoms. The normalized spacial score (nSPS) is 41.2. The minimum Gasteiger partial charge on any atom is -1.00 e. The van der Waals surface area contributed by atoms with Crippen LogP contribution in [-0.4, -0.2) is 39.6 Å². The number of fused-ring (bicyclic) bond motifs is 5. The molecule has 0 saturated heterocycles. The zero-order chi connectivity index (χ0) is 17.3. The average molecular weight is 513 g/mol. The minimum atomic E-state index is -4.64. The van der Waals surface area contributed by atoms with Crippen LogP contribution in [-0.2, 0) is 4.57 Å². The van der Waals surface area contributed by atoms with Crippen molar-refractivity contribution in [1.29, 1.82) is 0 Å². The van der Waals surface area contributed by atoms with E-state index < -0.39 is 21.9 Å². The number of hydrogen-bond acceptors (Lipinski definition) is 1. The summed E-state index contributed by atoms with van der Waals surface area (Å²) in [5, 5.41) is 0.113. The van der Waals surface area contributed by atoms with Crippen molar-refractivity contribution >= 4 is 89.0 Å². The molecule has 14 heteroatoms. The standard InChI is InChI=1S/C10H5Cl7.Na.H3O4P.H2O.H/c11-4-2-1-3-5(4)9(15)7(13)6(12)8(3,14)10(9,16)17;;1-5(2,3)4;;/h1-5H;;(H3,1,2,3,4);1H2;/q;+1;;;-1. The topological polar surface area (TPSA) is 109 Å². The van der Waals surface area contributed by atoms with Gasteiger partial charge in [-0.3, -0.25) is 0 Å². The quantitative estimate of drug-likeness (QED) is 0.191. The van der Waals surface area contributed by atoms with E-state index in [1.807, 2.05) is 12.2 Å². The van der Waals surface area contributed by atoms with Gasteiger partial charge in [-0.25, -0.2) is 4.57 Å². The maximum Gasteiger partial charge on any atom is 1.00 e. The van der Waals surface area contributed by atoms with Gasteiger partial charge in [-0.2, -0.15) is 0 Å². The van der Waals surface area contributed by atoms with Crippen LogP contribution >= 0.6 is 89.0 Å². The molecule has 2 bridgehead atoms. The number of rotatable bonds is 0. The molecule has 5 N–H and O–H groups in total. The fraction of sp³-hybridized carbons (Fsp3) is 0.600. The smallest absolute Gasteiger partial charge is 1.00 e. The molecule has 0 radical (unpaired) electrons. The molecule has 0 amide bonds. The first-order chi connectivity index (χ1) is 9.70. The molecular formula is C10H11Cl7NaO5P. The Morgan fingerprint density at radius 2 is 1.38 bits per heavy atom. The molecule has 0 aliphatic heterocycles. The van der Waals surface area contributed by atoms with Crippen LogP contribution in [0, 0.1) is 11.8 Å². The van der Waals surface area contributed by atoms with Crippen molar-refractivity contribution in [3.05, 3.63) is 22.2 Å². The van der Waals surface area contributed by atoms with E-state index in [4.69, 9.17) is 100 Å². The van der Waals surface area contributed by atoms with Crippen molar-refractivity contribution < 1.29 is 55.7 Å². The van der Waals surface area contributed by atoms with Crippen LogP contribution in [0.3, 0.4) is 0 Å². The second-order valence-electron chi connectivity index (χ2n) is 5.02. The monoisotopic (exact) mass is 510 g/mol. The third-order valence-corrected chi connectivity index (χ3v) is 8.61. The van der Waals surface area contributed by atoms with Crippen LogP contribution < -0.4 is 29.6 Å². The predicted octanol–water partition coefficient (Wildman–Crippen LogP) is 0.605. The van der Waals surface area contributed by atoms with Crippen molar-refractivity contribution in [2.24, 2.45) is 11.8 Å². The molecule has 0 aromatic carbocycles. The maximum atomic E-state index is 8.88. The van der Waals surface area contributed by atoms with Gasteiger partial charge in [0.05, 0.1) is 15.4 Å². The molecule has 5 nitrogen and oxygen atoms in total. The maximum absolute atomic E-state index is 8.88. The largest absolute Gasteiger partial charge is 1.00 e. The van der Waals surface area contributed by atoms with Gasteiger partial charge in [-0.15, -0.1) is 34.8 Å². The van der Waals surface area contributed by atoms with E-state index in [1.54, 1.807) is 0 Å². The van der Waals surface area contributed by atoms with Gasteiger partial charge in [0.15, 0.2) is 4.33 Å². The van der Waals surface area contributed by atoms with E-state index in [9.17, 15) is 0 Å². The molecule has 5 unspecified atom stereocenters. The van der Waals surface area contributed by atoms with Gasteiger partial charge >= 0.3 is 37.4 Å². The first-order valence-corrected chi connectivity index (χ1v) is 9.90. The van der Waals surface area contributed by atoms with E-state index in [-0.39, 0.29) is 63.7 Å². The summed E-state index contributed by atoms with van der Waals surface area (Å²) in [7, 11) is -4.64. The molecule has 1 saturated carbocycles. The molecule has 5 atom stereocenters. The molecule has 0 aromatic heterocycles. The van der Waals surface area contributed by atoms with Crippen LogP contribution in [0.25, 0.3) is 0 Å². The Bertz CT molecular complexity index is 623. The Morgan fingerprint density at radius 3 is 1.79 bits per heavy atom. The molecule has 136 valence electrons. The summed E-state index contributed by atoms with van der Waals surface area (Å²) in [5.74, 6) is -0.470. The SMILES string of the molecule is ClC1=C(Cl)C2(Cl)C3C(Cl)C=CC3C1(Cl)C2(Cl)Cl.O.O=P(O)(O)O.[H-].[Na+].